The van der Waals surface area contributed by atoms with E-state index < -0.39 is 0 Å². The summed E-state index contributed by atoms with van der Waals surface area (Å²) in [4.78, 5) is 16.7. The first-order chi connectivity index (χ1) is 14.1. The SMILES string of the molecule is CCNC(=NCCNC(=O)c1ccccc1Cl)Nc1ccc(OCC)c(OC)c1. The summed E-state index contributed by atoms with van der Waals surface area (Å²) in [5, 5.41) is 9.64. The lowest BCUT2D eigenvalue weighted by atomic mass is 10.2. The minimum absolute atomic E-state index is 0.222. The van der Waals surface area contributed by atoms with Gasteiger partial charge in [0.1, 0.15) is 0 Å². The number of guanidine groups is 1. The van der Waals surface area contributed by atoms with Crippen molar-refractivity contribution in [3.8, 4) is 11.5 Å². The average Bonchev–Trinajstić information content (AvgIpc) is 2.72. The van der Waals surface area contributed by atoms with Crippen molar-refractivity contribution in [3.63, 3.8) is 0 Å². The quantitative estimate of drug-likeness (QED) is 0.329. The van der Waals surface area contributed by atoms with Crippen LogP contribution in [-0.4, -0.2) is 45.2 Å². The molecule has 0 saturated heterocycles. The number of aliphatic imine (C=N–C) groups is 1. The molecule has 0 aliphatic rings. The van der Waals surface area contributed by atoms with Gasteiger partial charge in [0.15, 0.2) is 17.5 Å². The van der Waals surface area contributed by atoms with E-state index in [2.05, 4.69) is 20.9 Å². The summed E-state index contributed by atoms with van der Waals surface area (Å²) in [7, 11) is 1.60. The Hall–Kier alpha value is -2.93. The Morgan fingerprint density at radius 2 is 1.90 bits per heavy atom. The molecule has 0 aromatic heterocycles. The molecule has 2 aromatic rings. The molecule has 1 amide bonds. The molecule has 3 N–H and O–H groups in total. The van der Waals surface area contributed by atoms with Crippen LogP contribution in [0.25, 0.3) is 0 Å². The standard InChI is InChI=1S/C21H27ClN4O3/c1-4-23-21(26-15-10-11-18(29-5-2)19(14-15)28-3)25-13-12-24-20(27)16-8-6-7-9-17(16)22/h6-11,14H,4-5,12-13H2,1-3H3,(H,24,27)(H2,23,25,26). The summed E-state index contributed by atoms with van der Waals surface area (Å²) in [5.41, 5.74) is 1.26. The summed E-state index contributed by atoms with van der Waals surface area (Å²) in [6, 6.07) is 12.5. The number of nitrogens with zero attached hydrogens (tertiary/aromatic N) is 1. The van der Waals surface area contributed by atoms with Gasteiger partial charge in [-0.05, 0) is 38.1 Å². The third-order valence-corrected chi connectivity index (χ3v) is 4.19. The zero-order valence-electron chi connectivity index (χ0n) is 16.9. The summed E-state index contributed by atoms with van der Waals surface area (Å²) >= 11 is 6.04. The Bertz CT molecular complexity index is 842. The number of methoxy groups -OCH3 is 1. The first-order valence-corrected chi connectivity index (χ1v) is 9.85. The summed E-state index contributed by atoms with van der Waals surface area (Å²) in [5.74, 6) is 1.70. The summed E-state index contributed by atoms with van der Waals surface area (Å²) in [6.07, 6.45) is 0. The Balaban J connectivity index is 1.96. The molecular formula is C21H27ClN4O3. The van der Waals surface area contributed by atoms with Gasteiger partial charge in [-0.1, -0.05) is 23.7 Å². The van der Waals surface area contributed by atoms with Crippen LogP contribution in [0.15, 0.2) is 47.5 Å². The smallest absolute Gasteiger partial charge is 0.252 e. The molecule has 2 aromatic carbocycles. The van der Waals surface area contributed by atoms with Crippen LogP contribution in [0.4, 0.5) is 5.69 Å². The second-order valence-electron chi connectivity index (χ2n) is 5.92. The molecule has 0 atom stereocenters. The van der Waals surface area contributed by atoms with Crippen LogP contribution in [0, 0.1) is 0 Å². The highest BCUT2D eigenvalue weighted by atomic mass is 35.5. The van der Waals surface area contributed by atoms with Crippen LogP contribution in [0.3, 0.4) is 0 Å². The summed E-state index contributed by atoms with van der Waals surface area (Å²) < 4.78 is 10.9. The lowest BCUT2D eigenvalue weighted by Gasteiger charge is -2.14. The molecule has 8 heteroatoms. The molecule has 0 aliphatic carbocycles. The Kier molecular flexibility index (Phi) is 9.11. The highest BCUT2D eigenvalue weighted by Crippen LogP contribution is 2.30. The number of halogens is 1. The molecule has 0 radical (unpaired) electrons. The van der Waals surface area contributed by atoms with Gasteiger partial charge in [-0.25, -0.2) is 0 Å². The van der Waals surface area contributed by atoms with Crippen molar-refractivity contribution in [3.05, 3.63) is 53.1 Å². The molecule has 156 valence electrons. The number of nitrogens with one attached hydrogen (secondary N) is 3. The van der Waals surface area contributed by atoms with Gasteiger partial charge >= 0.3 is 0 Å². The topological polar surface area (TPSA) is 84.0 Å². The predicted molar refractivity (Wildman–Crippen MR) is 118 cm³/mol. The van der Waals surface area contributed by atoms with E-state index in [-0.39, 0.29) is 5.91 Å². The van der Waals surface area contributed by atoms with Crippen molar-refractivity contribution < 1.29 is 14.3 Å². The molecule has 7 nitrogen and oxygen atoms in total. The minimum Gasteiger partial charge on any atom is -0.493 e. The van der Waals surface area contributed by atoms with Gasteiger partial charge in [-0.3, -0.25) is 9.79 Å². The van der Waals surface area contributed by atoms with Gasteiger partial charge in [0, 0.05) is 24.8 Å². The molecular weight excluding hydrogens is 392 g/mol. The highest BCUT2D eigenvalue weighted by Gasteiger charge is 2.09. The molecule has 0 heterocycles. The number of hydrogen-bond acceptors (Lipinski definition) is 4. The lowest BCUT2D eigenvalue weighted by Crippen LogP contribution is -2.32. The number of amides is 1. The van der Waals surface area contributed by atoms with Gasteiger partial charge in [0.05, 0.1) is 30.8 Å². The van der Waals surface area contributed by atoms with Crippen molar-refractivity contribution in [2.45, 2.75) is 13.8 Å². The summed E-state index contributed by atoms with van der Waals surface area (Å²) in [6.45, 7) is 5.95. The van der Waals surface area contributed by atoms with Crippen LogP contribution in [0.5, 0.6) is 11.5 Å². The second kappa shape index (κ2) is 11.8. The van der Waals surface area contributed by atoms with E-state index in [1.54, 1.807) is 31.4 Å². The fourth-order valence-corrected chi connectivity index (χ4v) is 2.76. The van der Waals surface area contributed by atoms with Gasteiger partial charge < -0.3 is 25.4 Å². The number of carbonyl (C=O) groups excluding carboxylic acids is 1. The normalized spacial score (nSPS) is 11.0. The Morgan fingerprint density at radius 3 is 2.59 bits per heavy atom. The second-order valence-corrected chi connectivity index (χ2v) is 6.33. The van der Waals surface area contributed by atoms with E-state index in [1.807, 2.05) is 32.0 Å². The van der Waals surface area contributed by atoms with Crippen molar-refractivity contribution >= 4 is 29.2 Å². The maximum Gasteiger partial charge on any atom is 0.252 e. The van der Waals surface area contributed by atoms with Gasteiger partial charge in [0.25, 0.3) is 5.91 Å². The van der Waals surface area contributed by atoms with E-state index >= 15 is 0 Å². The number of hydrogen-bond donors (Lipinski definition) is 3. The van der Waals surface area contributed by atoms with E-state index in [0.717, 1.165) is 5.69 Å². The van der Waals surface area contributed by atoms with Crippen LogP contribution in [0.1, 0.15) is 24.2 Å². The molecule has 0 fully saturated rings. The van der Waals surface area contributed by atoms with Crippen molar-refractivity contribution in [1.29, 1.82) is 0 Å². The molecule has 0 spiro atoms. The average molecular weight is 419 g/mol. The Labute approximate surface area is 176 Å². The fraction of sp³-hybridized carbons (Fsp3) is 0.333. The number of benzene rings is 2. The third-order valence-electron chi connectivity index (χ3n) is 3.86. The van der Waals surface area contributed by atoms with E-state index in [0.29, 0.717) is 54.3 Å². The molecule has 0 saturated carbocycles. The maximum atomic E-state index is 12.2. The zero-order chi connectivity index (χ0) is 21.1. The first-order valence-electron chi connectivity index (χ1n) is 9.47. The number of rotatable bonds is 9. The number of anilines is 1. The molecule has 29 heavy (non-hydrogen) atoms. The van der Waals surface area contributed by atoms with E-state index in [1.165, 1.54) is 0 Å². The molecule has 0 aliphatic heterocycles. The largest absolute Gasteiger partial charge is 0.493 e. The monoisotopic (exact) mass is 418 g/mol. The number of carbonyl (C=O) groups is 1. The molecule has 2 rings (SSSR count). The zero-order valence-corrected chi connectivity index (χ0v) is 17.7. The van der Waals surface area contributed by atoms with E-state index in [9.17, 15) is 4.79 Å². The van der Waals surface area contributed by atoms with Crippen LogP contribution in [0.2, 0.25) is 5.02 Å². The van der Waals surface area contributed by atoms with E-state index in [4.69, 9.17) is 21.1 Å². The van der Waals surface area contributed by atoms with Gasteiger partial charge in [0.2, 0.25) is 0 Å². The Morgan fingerprint density at radius 1 is 1.10 bits per heavy atom. The molecule has 0 bridgehead atoms. The highest BCUT2D eigenvalue weighted by molar-refractivity contribution is 6.33. The van der Waals surface area contributed by atoms with Crippen LogP contribution in [-0.2, 0) is 0 Å². The van der Waals surface area contributed by atoms with Crippen molar-refractivity contribution in [1.82, 2.24) is 10.6 Å². The number of ether oxygens (including phenoxy) is 2. The first kappa shape index (κ1) is 22.4. The maximum absolute atomic E-state index is 12.2. The fourth-order valence-electron chi connectivity index (χ4n) is 2.54. The van der Waals surface area contributed by atoms with Crippen molar-refractivity contribution in [2.24, 2.45) is 4.99 Å². The lowest BCUT2D eigenvalue weighted by molar-refractivity contribution is 0.0955. The van der Waals surface area contributed by atoms with Crippen molar-refractivity contribution in [2.75, 3.05) is 38.7 Å². The van der Waals surface area contributed by atoms with Crippen LogP contribution < -0.4 is 25.4 Å². The van der Waals surface area contributed by atoms with Crippen LogP contribution >= 0.6 is 11.6 Å². The minimum atomic E-state index is -0.222. The third kappa shape index (κ3) is 6.87. The van der Waals surface area contributed by atoms with Gasteiger partial charge in [-0.15, -0.1) is 0 Å². The molecule has 0 unspecified atom stereocenters. The predicted octanol–water partition coefficient (Wildman–Crippen LogP) is 3.55. The van der Waals surface area contributed by atoms with Gasteiger partial charge in [-0.2, -0.15) is 0 Å².